The Morgan fingerprint density at radius 2 is 1.43 bits per heavy atom. The highest BCUT2D eigenvalue weighted by Gasteiger charge is 2.51. The fourth-order valence-electron chi connectivity index (χ4n) is 5.95. The maximum atomic E-state index is 13.7. The van der Waals surface area contributed by atoms with E-state index in [1.54, 1.807) is 33.8 Å². The number of hydrogen-bond donors (Lipinski definition) is 6. The number of carbonyl (C=O) groups is 4. The van der Waals surface area contributed by atoms with Crippen LogP contribution in [-0.4, -0.2) is 79.0 Å². The molecule has 3 aliphatic heterocycles. The summed E-state index contributed by atoms with van der Waals surface area (Å²) in [5.41, 5.74) is -1.38. The van der Waals surface area contributed by atoms with Crippen LogP contribution in [0.4, 0.5) is 0 Å². The molecule has 0 saturated carbocycles. The second kappa shape index (κ2) is 13.0. The van der Waals surface area contributed by atoms with Gasteiger partial charge in [-0.2, -0.15) is 0 Å². The van der Waals surface area contributed by atoms with E-state index in [4.69, 9.17) is 9.47 Å². The molecule has 1 aromatic carbocycles. The zero-order valence-corrected chi connectivity index (χ0v) is 26.8. The van der Waals surface area contributed by atoms with Gasteiger partial charge in [-0.05, 0) is 19.9 Å². The minimum Gasteiger partial charge on any atom is -0.507 e. The lowest BCUT2D eigenvalue weighted by Gasteiger charge is -2.35. The van der Waals surface area contributed by atoms with E-state index in [1.165, 1.54) is 39.0 Å². The number of hydrogen-bond acceptors (Lipinski definition) is 11. The predicted octanol–water partition coefficient (Wildman–Crippen LogP) is 2.41. The van der Waals surface area contributed by atoms with Crippen LogP contribution in [0.25, 0.3) is 0 Å². The van der Waals surface area contributed by atoms with Crippen molar-refractivity contribution >= 4 is 23.3 Å². The van der Waals surface area contributed by atoms with Crippen molar-refractivity contribution in [2.45, 2.75) is 78.7 Å². The number of nitrogens with one attached hydrogen (secondary N) is 1. The standard InChI is InChI=1S/C34H41NO11/c1-14-9-8-10-15(2)33(44)35-20-13-22(37)23-24(30(20)42)29(41)19(6)31-25(23)32(43)34(7,46-31)45-12-11-21(36)16(3)27(39)18(5)28(40)17(4)26(14)38/h8-14,16-18,21,26-28,36,38-41H,1-7H3,(H,35,44)/b9-8+,12-11+,15-10-/t14?,16?,17?,18?,21?,26?,27?,28?,34-/m1/s1. The highest BCUT2D eigenvalue weighted by Crippen LogP contribution is 2.47. The molecule has 12 heteroatoms. The zero-order chi connectivity index (χ0) is 34.4. The molecule has 5 rings (SSSR count). The van der Waals surface area contributed by atoms with Crippen molar-refractivity contribution in [3.05, 3.63) is 70.2 Å². The SMILES string of the molecule is C/C1=C/C=C/C(C)C(O)C(C)C(O)C(C)C(O)C(C)C(O)/C=C/O[C@]2(C)Oc3c(C)c(O)c4c(c3C2=O)C(=O)C=C(NC1=O)C4=O. The molecule has 1 aliphatic carbocycles. The van der Waals surface area contributed by atoms with Gasteiger partial charge in [0.05, 0.1) is 53.1 Å². The highest BCUT2D eigenvalue weighted by molar-refractivity contribution is 6.30. The highest BCUT2D eigenvalue weighted by atomic mass is 16.7. The van der Waals surface area contributed by atoms with Gasteiger partial charge in [0, 0.05) is 47.8 Å². The molecule has 12 nitrogen and oxygen atoms in total. The third-order valence-electron chi connectivity index (χ3n) is 9.30. The average molecular weight is 640 g/mol. The van der Waals surface area contributed by atoms with Gasteiger partial charge >= 0.3 is 5.79 Å². The van der Waals surface area contributed by atoms with Crippen LogP contribution in [0, 0.1) is 30.6 Å². The van der Waals surface area contributed by atoms with Crippen molar-refractivity contribution in [3.8, 4) is 11.5 Å². The summed E-state index contributed by atoms with van der Waals surface area (Å²) in [6, 6.07) is 0. The molecule has 3 heterocycles. The molecule has 9 atom stereocenters. The van der Waals surface area contributed by atoms with E-state index >= 15 is 0 Å². The van der Waals surface area contributed by atoms with Gasteiger partial charge in [0.1, 0.15) is 11.5 Å². The number of aliphatic hydroxyl groups excluding tert-OH is 4. The van der Waals surface area contributed by atoms with Gasteiger partial charge in [0.15, 0.2) is 5.78 Å². The van der Waals surface area contributed by atoms with E-state index in [1.807, 2.05) is 0 Å². The first-order valence-electron chi connectivity index (χ1n) is 15.1. The van der Waals surface area contributed by atoms with Gasteiger partial charge in [-0.1, -0.05) is 45.9 Å². The Balaban J connectivity index is 1.79. The summed E-state index contributed by atoms with van der Waals surface area (Å²) >= 11 is 0. The van der Waals surface area contributed by atoms with Crippen LogP contribution >= 0.6 is 0 Å². The van der Waals surface area contributed by atoms with Gasteiger partial charge in [-0.3, -0.25) is 19.2 Å². The Morgan fingerprint density at radius 1 is 0.826 bits per heavy atom. The summed E-state index contributed by atoms with van der Waals surface area (Å²) in [4.78, 5) is 53.5. The monoisotopic (exact) mass is 639 g/mol. The number of fused-ring (bicyclic) bond motifs is 14. The largest absolute Gasteiger partial charge is 0.507 e. The summed E-state index contributed by atoms with van der Waals surface area (Å²) in [6.45, 7) is 10.6. The van der Waals surface area contributed by atoms with E-state index in [9.17, 15) is 44.7 Å². The third kappa shape index (κ3) is 6.05. The van der Waals surface area contributed by atoms with Crippen molar-refractivity contribution in [3.63, 3.8) is 0 Å². The molecule has 0 fully saturated rings. The first kappa shape index (κ1) is 34.8. The number of aromatic hydroxyl groups is 1. The number of benzene rings is 1. The fourth-order valence-corrected chi connectivity index (χ4v) is 5.95. The van der Waals surface area contributed by atoms with Crippen LogP contribution in [0.3, 0.4) is 0 Å². The van der Waals surface area contributed by atoms with Crippen molar-refractivity contribution in [2.24, 2.45) is 23.7 Å². The molecule has 1 amide bonds. The van der Waals surface area contributed by atoms with Gasteiger partial charge < -0.3 is 40.3 Å². The third-order valence-corrected chi connectivity index (χ3v) is 9.30. The summed E-state index contributed by atoms with van der Waals surface area (Å²) in [5.74, 6) is -8.82. The lowest BCUT2D eigenvalue weighted by molar-refractivity contribution is -0.116. The summed E-state index contributed by atoms with van der Waals surface area (Å²) in [5, 5.41) is 57.1. The molecule has 8 unspecified atom stereocenters. The topological polar surface area (TPSA) is 200 Å². The number of carbonyl (C=O) groups excluding carboxylic acids is 4. The van der Waals surface area contributed by atoms with Crippen LogP contribution in [0.2, 0.25) is 0 Å². The molecule has 5 bridgehead atoms. The zero-order valence-electron chi connectivity index (χ0n) is 26.8. The summed E-state index contributed by atoms with van der Waals surface area (Å²) in [7, 11) is 0. The Morgan fingerprint density at radius 3 is 2.09 bits per heavy atom. The minimum absolute atomic E-state index is 0.00581. The summed E-state index contributed by atoms with van der Waals surface area (Å²) < 4.78 is 11.4. The maximum absolute atomic E-state index is 13.7. The maximum Gasteiger partial charge on any atom is 0.312 e. The number of allylic oxidation sites excluding steroid dienone is 4. The van der Waals surface area contributed by atoms with Crippen LogP contribution in [-0.2, 0) is 9.53 Å². The van der Waals surface area contributed by atoms with Crippen molar-refractivity contribution in [1.29, 1.82) is 0 Å². The lowest BCUT2D eigenvalue weighted by atomic mass is 9.78. The molecule has 1 aromatic rings. The molecule has 0 radical (unpaired) electrons. The lowest BCUT2D eigenvalue weighted by Crippen LogP contribution is -2.44. The van der Waals surface area contributed by atoms with E-state index in [2.05, 4.69) is 5.32 Å². The van der Waals surface area contributed by atoms with Gasteiger partial charge in [0.2, 0.25) is 5.78 Å². The number of rotatable bonds is 0. The van der Waals surface area contributed by atoms with E-state index in [-0.39, 0.29) is 22.4 Å². The van der Waals surface area contributed by atoms with E-state index in [0.29, 0.717) is 0 Å². The predicted molar refractivity (Wildman–Crippen MR) is 165 cm³/mol. The molecule has 0 spiro atoms. The van der Waals surface area contributed by atoms with Gasteiger partial charge in [0.25, 0.3) is 11.7 Å². The van der Waals surface area contributed by atoms with Crippen molar-refractivity contribution in [2.75, 3.05) is 0 Å². The molecule has 0 aromatic heterocycles. The second-order valence-corrected chi connectivity index (χ2v) is 12.6. The number of phenolic OH excluding ortho intramolecular Hbond substituents is 1. The average Bonchev–Trinajstić information content (AvgIpc) is 3.28. The van der Waals surface area contributed by atoms with Crippen molar-refractivity contribution in [1.82, 2.24) is 5.32 Å². The van der Waals surface area contributed by atoms with Gasteiger partial charge in [-0.15, -0.1) is 0 Å². The minimum atomic E-state index is -2.05. The molecular formula is C34H41NO11. The first-order valence-corrected chi connectivity index (χ1v) is 15.1. The van der Waals surface area contributed by atoms with Crippen LogP contribution in [0.5, 0.6) is 11.5 Å². The first-order chi connectivity index (χ1) is 21.4. The fraction of sp³-hybridized carbons (Fsp3) is 0.471. The number of ketones is 3. The molecule has 6 N–H and O–H groups in total. The quantitative estimate of drug-likeness (QED) is 0.244. The van der Waals surface area contributed by atoms with Crippen molar-refractivity contribution < 1.29 is 54.2 Å². The molecule has 46 heavy (non-hydrogen) atoms. The number of amides is 1. The number of Topliss-reactive ketones (excluding diaryl/α,β-unsaturated/α-hetero) is 2. The number of ether oxygens (including phenoxy) is 2. The Labute approximate surface area is 266 Å². The molecule has 0 saturated heterocycles. The Kier molecular flexibility index (Phi) is 9.79. The van der Waals surface area contributed by atoms with E-state index in [0.717, 1.165) is 12.3 Å². The van der Waals surface area contributed by atoms with Crippen LogP contribution in [0.1, 0.15) is 78.2 Å². The second-order valence-electron chi connectivity index (χ2n) is 12.6. The van der Waals surface area contributed by atoms with Gasteiger partial charge in [-0.25, -0.2) is 0 Å². The molecule has 4 aliphatic rings. The Hall–Kier alpha value is -4.10. The Bertz CT molecular complexity index is 1590. The normalized spacial score (nSPS) is 36.6. The van der Waals surface area contributed by atoms with Crippen LogP contribution in [0.15, 0.2) is 47.9 Å². The number of phenols is 1. The van der Waals surface area contributed by atoms with E-state index < -0.39 is 99.7 Å². The smallest absolute Gasteiger partial charge is 0.312 e. The summed E-state index contributed by atoms with van der Waals surface area (Å²) in [6.07, 6.45) is 2.96. The molecular weight excluding hydrogens is 598 g/mol. The number of aliphatic hydroxyl groups is 4. The van der Waals surface area contributed by atoms with Crippen LogP contribution < -0.4 is 10.1 Å². The molecule has 248 valence electrons.